The lowest BCUT2D eigenvalue weighted by molar-refractivity contribution is -0.149. The van der Waals surface area contributed by atoms with Gasteiger partial charge in [0, 0.05) is 35.3 Å². The number of aliphatic carboxylic acids is 1. The smallest absolute Gasteiger partial charge is 0.311 e. The van der Waals surface area contributed by atoms with E-state index in [1.807, 2.05) is 7.05 Å². The maximum Gasteiger partial charge on any atom is 0.311 e. The fourth-order valence-corrected chi connectivity index (χ4v) is 6.27. The van der Waals surface area contributed by atoms with Crippen LogP contribution in [-0.4, -0.2) is 53.4 Å². The topological polar surface area (TPSA) is 108 Å². The van der Waals surface area contributed by atoms with E-state index in [-0.39, 0.29) is 17.8 Å². The lowest BCUT2D eigenvalue weighted by atomic mass is 9.88. The average Bonchev–Trinajstić information content (AvgIpc) is 2.88. The first-order chi connectivity index (χ1) is 18.2. The second-order valence-corrected chi connectivity index (χ2v) is 11.6. The molecule has 8 nitrogen and oxygen atoms in total. The van der Waals surface area contributed by atoms with Crippen molar-refractivity contribution in [1.29, 1.82) is 0 Å². The fraction of sp³-hybridized carbons (Fsp3) is 0.481. The maximum absolute atomic E-state index is 12.6. The number of nitrogens with one attached hydrogen (secondary N) is 1. The van der Waals surface area contributed by atoms with E-state index in [2.05, 4.69) is 14.8 Å². The van der Waals surface area contributed by atoms with Gasteiger partial charge in [-0.25, -0.2) is 0 Å². The van der Waals surface area contributed by atoms with Crippen molar-refractivity contribution in [3.8, 4) is 0 Å². The molecule has 2 N–H and O–H groups in total. The Morgan fingerprint density at radius 3 is 2.47 bits per heavy atom. The van der Waals surface area contributed by atoms with Gasteiger partial charge in [0.1, 0.15) is 0 Å². The Kier molecular flexibility index (Phi) is 11.7. The summed E-state index contributed by atoms with van der Waals surface area (Å²) in [6.07, 6.45) is 5.61. The predicted molar refractivity (Wildman–Crippen MR) is 153 cm³/mol. The van der Waals surface area contributed by atoms with Gasteiger partial charge >= 0.3 is 11.9 Å². The summed E-state index contributed by atoms with van der Waals surface area (Å²) in [5, 5.41) is 13.8. The van der Waals surface area contributed by atoms with E-state index in [0.717, 1.165) is 44.2 Å². The van der Waals surface area contributed by atoms with Crippen LogP contribution in [0.5, 0.6) is 0 Å². The Hall–Kier alpha value is -2.33. The SMILES string of the molecule is CN(CCCOC(=O)CC(C(=O)O)c1ccccc1Nc1c(Cl)cccc1Cl)CC1(SN=O)CCCCC1. The van der Waals surface area contributed by atoms with Crippen LogP contribution in [-0.2, 0) is 14.3 Å². The van der Waals surface area contributed by atoms with Gasteiger partial charge in [-0.1, -0.05) is 66.7 Å². The highest BCUT2D eigenvalue weighted by atomic mass is 35.5. The molecule has 11 heteroatoms. The molecule has 1 saturated carbocycles. The Balaban J connectivity index is 1.55. The van der Waals surface area contributed by atoms with Crippen LogP contribution >= 0.6 is 35.1 Å². The third kappa shape index (κ3) is 8.59. The molecule has 0 amide bonds. The minimum atomic E-state index is -1.14. The van der Waals surface area contributed by atoms with Crippen molar-refractivity contribution in [2.45, 2.75) is 55.6 Å². The highest BCUT2D eigenvalue weighted by molar-refractivity contribution is 7.99. The number of nitroso groups, excluding NO2 is 1. The van der Waals surface area contributed by atoms with E-state index in [1.54, 1.807) is 42.5 Å². The first-order valence-corrected chi connectivity index (χ1v) is 14.2. The summed E-state index contributed by atoms with van der Waals surface area (Å²) in [6, 6.07) is 11.9. The molecule has 38 heavy (non-hydrogen) atoms. The number of carboxylic acids is 1. The van der Waals surface area contributed by atoms with Crippen LogP contribution in [0.15, 0.2) is 47.0 Å². The first kappa shape index (κ1) is 30.2. The third-order valence-corrected chi connectivity index (χ3v) is 8.36. The van der Waals surface area contributed by atoms with Crippen LogP contribution in [0.1, 0.15) is 56.4 Å². The molecule has 2 aromatic rings. The normalized spacial score (nSPS) is 15.6. The number of nitrogens with zero attached hydrogens (tertiary/aromatic N) is 2. The van der Waals surface area contributed by atoms with Gasteiger partial charge < -0.3 is 20.1 Å². The molecule has 0 radical (unpaired) electrons. The molecule has 1 atom stereocenters. The second kappa shape index (κ2) is 14.7. The number of esters is 1. The predicted octanol–water partition coefficient (Wildman–Crippen LogP) is 7.28. The average molecular weight is 583 g/mol. The Bertz CT molecular complexity index is 1090. The molecule has 0 aliphatic heterocycles. The molecule has 206 valence electrons. The molecule has 2 aromatic carbocycles. The van der Waals surface area contributed by atoms with Crippen molar-refractivity contribution in [2.75, 3.05) is 32.1 Å². The van der Waals surface area contributed by atoms with Gasteiger partial charge in [-0.2, -0.15) is 0 Å². The lowest BCUT2D eigenvalue weighted by Gasteiger charge is -2.37. The quantitative estimate of drug-likeness (QED) is 0.104. The molecule has 0 saturated heterocycles. The standard InChI is InChI=1S/C27H33Cl2N3O5S/c1-32(18-27(38-31-36)13-5-2-6-14-27)15-8-16-37-24(33)17-20(26(34)35)19-9-3-4-12-23(19)30-25-21(28)10-7-11-22(25)29/h3-4,7,9-12,20,30H,2,5-6,8,13-18H2,1H3,(H,34,35). The van der Waals surface area contributed by atoms with Gasteiger partial charge in [0.2, 0.25) is 0 Å². The molecule has 1 aliphatic carbocycles. The molecule has 1 fully saturated rings. The van der Waals surface area contributed by atoms with Gasteiger partial charge in [0.15, 0.2) is 0 Å². The highest BCUT2D eigenvalue weighted by Crippen LogP contribution is 2.41. The van der Waals surface area contributed by atoms with E-state index in [0.29, 0.717) is 39.9 Å². The van der Waals surface area contributed by atoms with E-state index in [1.165, 1.54) is 6.42 Å². The van der Waals surface area contributed by atoms with Crippen molar-refractivity contribution in [2.24, 2.45) is 4.58 Å². The van der Waals surface area contributed by atoms with E-state index in [9.17, 15) is 19.6 Å². The third-order valence-electron chi connectivity index (χ3n) is 6.73. The number of rotatable bonds is 14. The summed E-state index contributed by atoms with van der Waals surface area (Å²) in [5.74, 6) is -2.84. The van der Waals surface area contributed by atoms with Crippen molar-refractivity contribution in [3.05, 3.63) is 63.0 Å². The molecule has 0 aromatic heterocycles. The zero-order valence-electron chi connectivity index (χ0n) is 21.3. The largest absolute Gasteiger partial charge is 0.481 e. The van der Waals surface area contributed by atoms with Crippen molar-refractivity contribution < 1.29 is 19.4 Å². The molecule has 0 bridgehead atoms. The molecular weight excluding hydrogens is 549 g/mol. The van der Waals surface area contributed by atoms with Crippen LogP contribution in [0.3, 0.4) is 0 Å². The number of benzene rings is 2. The number of carboxylic acid groups (broad SMARTS) is 1. The zero-order valence-corrected chi connectivity index (χ0v) is 23.7. The maximum atomic E-state index is 12.6. The van der Waals surface area contributed by atoms with Crippen LogP contribution < -0.4 is 5.32 Å². The second-order valence-electron chi connectivity index (χ2n) is 9.63. The minimum Gasteiger partial charge on any atom is -0.481 e. The summed E-state index contributed by atoms with van der Waals surface area (Å²) >= 11 is 13.7. The van der Waals surface area contributed by atoms with E-state index in [4.69, 9.17) is 27.9 Å². The number of para-hydroxylation sites is 2. The molecule has 0 heterocycles. The monoisotopic (exact) mass is 581 g/mol. The number of carbonyl (C=O) groups is 2. The Morgan fingerprint density at radius 2 is 1.82 bits per heavy atom. The summed E-state index contributed by atoms with van der Waals surface area (Å²) in [7, 11) is 1.99. The van der Waals surface area contributed by atoms with E-state index < -0.39 is 17.9 Å². The number of halogens is 2. The van der Waals surface area contributed by atoms with Gasteiger partial charge in [0.05, 0.1) is 39.4 Å². The van der Waals surface area contributed by atoms with Crippen LogP contribution in [0.25, 0.3) is 0 Å². The summed E-state index contributed by atoms with van der Waals surface area (Å²) in [4.78, 5) is 37.8. The molecule has 1 unspecified atom stereocenters. The number of hydrogen-bond acceptors (Lipinski definition) is 8. The van der Waals surface area contributed by atoms with Crippen LogP contribution in [0.2, 0.25) is 10.0 Å². The Labute approximate surface area is 237 Å². The van der Waals surface area contributed by atoms with E-state index >= 15 is 0 Å². The minimum absolute atomic E-state index is 0.143. The summed E-state index contributed by atoms with van der Waals surface area (Å²) in [6.45, 7) is 1.61. The first-order valence-electron chi connectivity index (χ1n) is 12.6. The lowest BCUT2D eigenvalue weighted by Crippen LogP contribution is -2.40. The van der Waals surface area contributed by atoms with Crippen molar-refractivity contribution >= 4 is 58.5 Å². The number of anilines is 2. The number of ether oxygens (including phenoxy) is 1. The van der Waals surface area contributed by atoms with Crippen LogP contribution in [0, 0.1) is 4.91 Å². The Morgan fingerprint density at radius 1 is 1.13 bits per heavy atom. The molecule has 0 spiro atoms. The van der Waals surface area contributed by atoms with Gasteiger partial charge in [-0.05, 0) is 50.1 Å². The van der Waals surface area contributed by atoms with Crippen molar-refractivity contribution in [3.63, 3.8) is 0 Å². The van der Waals surface area contributed by atoms with Gasteiger partial charge in [-0.3, -0.25) is 9.59 Å². The summed E-state index contributed by atoms with van der Waals surface area (Å²) in [5.41, 5.74) is 1.37. The van der Waals surface area contributed by atoms with Gasteiger partial charge in [0.25, 0.3) is 0 Å². The highest BCUT2D eigenvalue weighted by Gasteiger charge is 2.35. The van der Waals surface area contributed by atoms with Crippen LogP contribution in [0.4, 0.5) is 11.4 Å². The molecule has 1 aliphatic rings. The molecule has 3 rings (SSSR count). The van der Waals surface area contributed by atoms with Crippen molar-refractivity contribution in [1.82, 2.24) is 4.90 Å². The molecular formula is C27H33Cl2N3O5S. The fourth-order valence-electron chi connectivity index (χ4n) is 4.87. The number of hydrogen-bond donors (Lipinski definition) is 2. The van der Waals surface area contributed by atoms with Gasteiger partial charge in [-0.15, -0.1) is 4.91 Å². The summed E-state index contributed by atoms with van der Waals surface area (Å²) < 4.78 is 8.36. The zero-order chi connectivity index (χ0) is 27.5. The number of carbonyl (C=O) groups excluding carboxylic acids is 1.